The fraction of sp³-hybridized carbons (Fsp3) is 0.440. The first-order valence-electron chi connectivity index (χ1n) is 12.0. The summed E-state index contributed by atoms with van der Waals surface area (Å²) in [5.74, 6) is -0.133. The molecular weight excluding hydrogens is 483 g/mol. The minimum atomic E-state index is -3.47. The van der Waals surface area contributed by atoms with Gasteiger partial charge < -0.3 is 9.80 Å². The number of hydrogen-bond donors (Lipinski definition) is 0. The van der Waals surface area contributed by atoms with Crippen LogP contribution in [0.1, 0.15) is 24.8 Å². The van der Waals surface area contributed by atoms with E-state index in [0.717, 1.165) is 49.5 Å². The Bertz CT molecular complexity index is 1370. The molecule has 190 valence electrons. The molecule has 0 aliphatic carbocycles. The van der Waals surface area contributed by atoms with Crippen molar-refractivity contribution in [1.29, 1.82) is 0 Å². The maximum atomic E-state index is 14.5. The van der Waals surface area contributed by atoms with Gasteiger partial charge in [-0.15, -0.1) is 0 Å². The highest BCUT2D eigenvalue weighted by Crippen LogP contribution is 2.30. The van der Waals surface area contributed by atoms with Gasteiger partial charge in [0.1, 0.15) is 5.82 Å². The fourth-order valence-corrected chi connectivity index (χ4v) is 5.79. The minimum absolute atomic E-state index is 0.0505. The van der Waals surface area contributed by atoms with Crippen LogP contribution in [0.2, 0.25) is 0 Å². The van der Waals surface area contributed by atoms with E-state index in [9.17, 15) is 17.6 Å². The highest BCUT2D eigenvalue weighted by atomic mass is 32.2. The van der Waals surface area contributed by atoms with Crippen LogP contribution in [0.25, 0.3) is 11.3 Å². The summed E-state index contributed by atoms with van der Waals surface area (Å²) in [6, 6.07) is 6.00. The van der Waals surface area contributed by atoms with Crippen molar-refractivity contribution in [2.45, 2.75) is 36.6 Å². The number of carbonyl (C=O) groups is 1. The molecule has 0 bridgehead atoms. The van der Waals surface area contributed by atoms with Crippen molar-refractivity contribution in [3.05, 3.63) is 54.2 Å². The number of anilines is 1. The lowest BCUT2D eigenvalue weighted by atomic mass is 9.97. The van der Waals surface area contributed by atoms with Crippen molar-refractivity contribution in [3.63, 3.8) is 0 Å². The molecule has 11 heteroatoms. The molecule has 1 atom stereocenters. The number of halogens is 1. The first kappa shape index (κ1) is 24.4. The van der Waals surface area contributed by atoms with Crippen LogP contribution in [0.15, 0.2) is 47.8 Å². The van der Waals surface area contributed by atoms with Crippen LogP contribution in [0.5, 0.6) is 0 Å². The average Bonchev–Trinajstić information content (AvgIpc) is 3.45. The summed E-state index contributed by atoms with van der Waals surface area (Å²) in [5, 5.41) is 4.18. The van der Waals surface area contributed by atoms with Crippen LogP contribution >= 0.6 is 0 Å². The van der Waals surface area contributed by atoms with Gasteiger partial charge in [0, 0.05) is 69.1 Å². The van der Waals surface area contributed by atoms with E-state index in [4.69, 9.17) is 0 Å². The Morgan fingerprint density at radius 2 is 1.78 bits per heavy atom. The van der Waals surface area contributed by atoms with Gasteiger partial charge in [0.25, 0.3) is 0 Å². The largest absolute Gasteiger partial charge is 0.341 e. The molecule has 0 radical (unpaired) electrons. The van der Waals surface area contributed by atoms with Crippen LogP contribution < -0.4 is 4.90 Å². The SMILES string of the molecule is Cn1nccc1-c1cnc(N2CCC(N3CC[C@H](Cc4ccc(S(C)(=O)=O)cc4F)C3=O)CC2)nc1. The van der Waals surface area contributed by atoms with Gasteiger partial charge in [0.2, 0.25) is 11.9 Å². The number of aromatic nitrogens is 4. The maximum absolute atomic E-state index is 14.5. The summed E-state index contributed by atoms with van der Waals surface area (Å²) in [5.41, 5.74) is 2.24. The number of rotatable bonds is 6. The Hall–Kier alpha value is -3.34. The summed E-state index contributed by atoms with van der Waals surface area (Å²) in [6.45, 7) is 2.17. The molecular formula is C25H29FN6O3S. The fourth-order valence-electron chi connectivity index (χ4n) is 5.16. The van der Waals surface area contributed by atoms with E-state index in [-0.39, 0.29) is 29.2 Å². The second-order valence-electron chi connectivity index (χ2n) is 9.58. The Morgan fingerprint density at radius 3 is 2.39 bits per heavy atom. The van der Waals surface area contributed by atoms with Crippen molar-refractivity contribution in [3.8, 4) is 11.3 Å². The molecule has 0 spiro atoms. The number of sulfone groups is 1. The van der Waals surface area contributed by atoms with E-state index in [1.165, 1.54) is 12.1 Å². The van der Waals surface area contributed by atoms with E-state index in [1.807, 2.05) is 30.4 Å². The number of nitrogens with zero attached hydrogens (tertiary/aromatic N) is 6. The molecule has 2 aliphatic heterocycles. The molecule has 2 aromatic heterocycles. The van der Waals surface area contributed by atoms with Crippen LogP contribution in [0.3, 0.4) is 0 Å². The zero-order chi connectivity index (χ0) is 25.4. The first-order chi connectivity index (χ1) is 17.2. The second-order valence-corrected chi connectivity index (χ2v) is 11.6. The zero-order valence-corrected chi connectivity index (χ0v) is 21.2. The first-order valence-corrected chi connectivity index (χ1v) is 13.9. The smallest absolute Gasteiger partial charge is 0.226 e. The Balaban J connectivity index is 1.17. The molecule has 2 aliphatic rings. The monoisotopic (exact) mass is 512 g/mol. The van der Waals surface area contributed by atoms with Crippen LogP contribution in [-0.2, 0) is 28.1 Å². The van der Waals surface area contributed by atoms with Gasteiger partial charge in [-0.3, -0.25) is 9.48 Å². The number of carbonyl (C=O) groups excluding carboxylic acids is 1. The molecule has 4 heterocycles. The van der Waals surface area contributed by atoms with Gasteiger partial charge >= 0.3 is 0 Å². The third-order valence-corrected chi connectivity index (χ3v) is 8.32. The van der Waals surface area contributed by atoms with E-state index >= 15 is 0 Å². The van der Waals surface area contributed by atoms with Gasteiger partial charge in [-0.2, -0.15) is 5.10 Å². The third kappa shape index (κ3) is 4.84. The summed E-state index contributed by atoms with van der Waals surface area (Å²) in [7, 11) is -1.60. The topological polar surface area (TPSA) is 101 Å². The van der Waals surface area contributed by atoms with Crippen LogP contribution in [0.4, 0.5) is 10.3 Å². The number of likely N-dealkylation sites (tertiary alicyclic amines) is 1. The van der Waals surface area contributed by atoms with Gasteiger partial charge in [-0.05, 0) is 49.4 Å². The molecule has 1 aromatic carbocycles. The summed E-state index contributed by atoms with van der Waals surface area (Å²) in [6.07, 6.45) is 9.00. The van der Waals surface area contributed by atoms with Crippen molar-refractivity contribution in [2.75, 3.05) is 30.8 Å². The summed E-state index contributed by atoms with van der Waals surface area (Å²) in [4.78, 5) is 26.3. The summed E-state index contributed by atoms with van der Waals surface area (Å²) >= 11 is 0. The molecule has 0 saturated carbocycles. The zero-order valence-electron chi connectivity index (χ0n) is 20.3. The van der Waals surface area contributed by atoms with Crippen molar-refractivity contribution in [2.24, 2.45) is 13.0 Å². The molecule has 2 fully saturated rings. The van der Waals surface area contributed by atoms with E-state index in [1.54, 1.807) is 10.9 Å². The molecule has 3 aromatic rings. The van der Waals surface area contributed by atoms with Gasteiger partial charge in [0.15, 0.2) is 9.84 Å². The normalized spacial score (nSPS) is 19.3. The lowest BCUT2D eigenvalue weighted by Gasteiger charge is -2.36. The summed E-state index contributed by atoms with van der Waals surface area (Å²) < 4.78 is 39.6. The maximum Gasteiger partial charge on any atom is 0.226 e. The average molecular weight is 513 g/mol. The molecule has 9 nitrogen and oxygen atoms in total. The second kappa shape index (κ2) is 9.61. The van der Waals surface area contributed by atoms with Crippen LogP contribution in [0, 0.1) is 11.7 Å². The third-order valence-electron chi connectivity index (χ3n) is 7.21. The molecule has 1 amide bonds. The lowest BCUT2D eigenvalue weighted by molar-refractivity contribution is -0.133. The van der Waals surface area contributed by atoms with Crippen LogP contribution in [-0.4, -0.2) is 70.9 Å². The predicted octanol–water partition coefficient (Wildman–Crippen LogP) is 2.48. The highest BCUT2D eigenvalue weighted by Gasteiger charge is 2.37. The van der Waals surface area contributed by atoms with Gasteiger partial charge in [0.05, 0.1) is 10.6 Å². The molecule has 0 unspecified atom stereocenters. The van der Waals surface area contributed by atoms with Crippen molar-refractivity contribution >= 4 is 21.7 Å². The molecule has 2 saturated heterocycles. The number of amides is 1. The Morgan fingerprint density at radius 1 is 1.06 bits per heavy atom. The Labute approximate surface area is 209 Å². The number of benzene rings is 1. The molecule has 36 heavy (non-hydrogen) atoms. The van der Waals surface area contributed by atoms with Crippen molar-refractivity contribution in [1.82, 2.24) is 24.6 Å². The quantitative estimate of drug-likeness (QED) is 0.500. The van der Waals surface area contributed by atoms with Gasteiger partial charge in [-0.1, -0.05) is 6.07 Å². The van der Waals surface area contributed by atoms with E-state index in [0.29, 0.717) is 24.5 Å². The minimum Gasteiger partial charge on any atom is -0.341 e. The van der Waals surface area contributed by atoms with E-state index in [2.05, 4.69) is 20.0 Å². The van der Waals surface area contributed by atoms with E-state index < -0.39 is 15.7 Å². The predicted molar refractivity (Wildman–Crippen MR) is 133 cm³/mol. The molecule has 5 rings (SSSR count). The van der Waals surface area contributed by atoms with Crippen molar-refractivity contribution < 1.29 is 17.6 Å². The molecule has 0 N–H and O–H groups in total. The Kier molecular flexibility index (Phi) is 6.50. The number of hydrogen-bond acceptors (Lipinski definition) is 7. The highest BCUT2D eigenvalue weighted by molar-refractivity contribution is 7.90. The lowest BCUT2D eigenvalue weighted by Crippen LogP contribution is -2.46. The van der Waals surface area contributed by atoms with Gasteiger partial charge in [-0.25, -0.2) is 22.8 Å². The number of piperidine rings is 1. The number of aryl methyl sites for hydroxylation is 1. The standard InChI is InChI=1S/C25H29FN6O3S/c1-30-23(5-9-29-30)19-15-27-25(28-16-19)31-10-7-20(8-11-31)32-12-6-18(24(32)33)13-17-3-4-21(14-22(17)26)36(2,34)35/h3-5,9,14-16,18,20H,6-8,10-13H2,1-2H3/t18-/m1/s1.